The molecule has 0 fully saturated rings. The van der Waals surface area contributed by atoms with Crippen LogP contribution < -0.4 is 5.69 Å². The van der Waals surface area contributed by atoms with E-state index < -0.39 is 0 Å². The second kappa shape index (κ2) is 3.46. The SMILES string of the molecule is Cc1cn(-c2cccc(C#N)c2)c(=O)[nH]1. The number of aromatic nitrogens is 2. The molecule has 1 N–H and O–H groups in total. The number of aromatic amines is 1. The van der Waals surface area contributed by atoms with Gasteiger partial charge >= 0.3 is 5.69 Å². The number of aryl methyl sites for hydroxylation is 1. The monoisotopic (exact) mass is 199 g/mol. The van der Waals surface area contributed by atoms with E-state index >= 15 is 0 Å². The van der Waals surface area contributed by atoms with E-state index in [0.717, 1.165) is 5.69 Å². The summed E-state index contributed by atoms with van der Waals surface area (Å²) in [7, 11) is 0. The van der Waals surface area contributed by atoms with Crippen molar-refractivity contribution in [1.82, 2.24) is 9.55 Å². The van der Waals surface area contributed by atoms with Gasteiger partial charge in [0, 0.05) is 11.9 Å². The first kappa shape index (κ1) is 9.28. The average Bonchev–Trinajstić information content (AvgIpc) is 2.58. The van der Waals surface area contributed by atoms with E-state index in [0.29, 0.717) is 11.3 Å². The predicted octanol–water partition coefficient (Wildman–Crippen LogP) is 1.35. The molecule has 0 aliphatic carbocycles. The first-order chi connectivity index (χ1) is 7.20. The maximum atomic E-state index is 11.5. The number of H-pyrrole nitrogens is 1. The lowest BCUT2D eigenvalue weighted by Gasteiger charge is -1.99. The lowest BCUT2D eigenvalue weighted by molar-refractivity contribution is 0.986. The van der Waals surface area contributed by atoms with Crippen molar-refractivity contribution in [3.05, 3.63) is 52.2 Å². The summed E-state index contributed by atoms with van der Waals surface area (Å²) in [6.07, 6.45) is 1.71. The summed E-state index contributed by atoms with van der Waals surface area (Å²) in [4.78, 5) is 14.1. The van der Waals surface area contributed by atoms with E-state index in [1.807, 2.05) is 13.0 Å². The highest BCUT2D eigenvalue weighted by Crippen LogP contribution is 2.08. The maximum Gasteiger partial charge on any atom is 0.330 e. The van der Waals surface area contributed by atoms with Crippen molar-refractivity contribution in [2.75, 3.05) is 0 Å². The van der Waals surface area contributed by atoms with Crippen molar-refractivity contribution in [2.24, 2.45) is 0 Å². The quantitative estimate of drug-likeness (QED) is 0.753. The lowest BCUT2D eigenvalue weighted by atomic mass is 10.2. The van der Waals surface area contributed by atoms with Crippen LogP contribution in [0.15, 0.2) is 35.3 Å². The van der Waals surface area contributed by atoms with Gasteiger partial charge in [-0.1, -0.05) is 6.07 Å². The maximum absolute atomic E-state index is 11.5. The molecule has 0 radical (unpaired) electrons. The van der Waals surface area contributed by atoms with Crippen molar-refractivity contribution >= 4 is 0 Å². The Kier molecular flexibility index (Phi) is 2.14. The molecule has 0 aliphatic rings. The first-order valence-corrected chi connectivity index (χ1v) is 4.49. The summed E-state index contributed by atoms with van der Waals surface area (Å²) in [5, 5.41) is 8.74. The third-order valence-electron chi connectivity index (χ3n) is 2.10. The molecule has 0 amide bonds. The van der Waals surface area contributed by atoms with E-state index in [9.17, 15) is 4.79 Å². The standard InChI is InChI=1S/C11H9N3O/c1-8-7-14(11(15)13-8)10-4-2-3-9(5-10)6-12/h2-5,7H,1H3,(H,13,15). The smallest absolute Gasteiger partial charge is 0.310 e. The van der Waals surface area contributed by atoms with Gasteiger partial charge in [-0.3, -0.25) is 4.57 Å². The molecule has 74 valence electrons. The normalized spacial score (nSPS) is 9.87. The largest absolute Gasteiger partial charge is 0.330 e. The van der Waals surface area contributed by atoms with Crippen LogP contribution in [-0.2, 0) is 0 Å². The summed E-state index contributed by atoms with van der Waals surface area (Å²) in [6.45, 7) is 1.81. The molecular weight excluding hydrogens is 190 g/mol. The Bertz CT molecular complexity index is 586. The minimum absolute atomic E-state index is 0.192. The van der Waals surface area contributed by atoms with Gasteiger partial charge in [0.25, 0.3) is 0 Å². The summed E-state index contributed by atoms with van der Waals surface area (Å²) in [5.41, 5.74) is 1.84. The van der Waals surface area contributed by atoms with Crippen LogP contribution >= 0.6 is 0 Å². The Morgan fingerprint density at radius 3 is 2.87 bits per heavy atom. The van der Waals surface area contributed by atoms with Crippen LogP contribution in [0.2, 0.25) is 0 Å². The van der Waals surface area contributed by atoms with Gasteiger partial charge in [0.15, 0.2) is 0 Å². The number of hydrogen-bond acceptors (Lipinski definition) is 2. The second-order valence-corrected chi connectivity index (χ2v) is 3.27. The fourth-order valence-electron chi connectivity index (χ4n) is 1.43. The van der Waals surface area contributed by atoms with E-state index in [1.54, 1.807) is 30.5 Å². The minimum Gasteiger partial charge on any atom is -0.310 e. The van der Waals surface area contributed by atoms with Crippen LogP contribution in [0.3, 0.4) is 0 Å². The Labute approximate surface area is 86.4 Å². The van der Waals surface area contributed by atoms with E-state index in [4.69, 9.17) is 5.26 Å². The Morgan fingerprint density at radius 1 is 1.47 bits per heavy atom. The van der Waals surface area contributed by atoms with Gasteiger partial charge in [0.2, 0.25) is 0 Å². The molecule has 4 nitrogen and oxygen atoms in total. The first-order valence-electron chi connectivity index (χ1n) is 4.49. The number of imidazole rings is 1. The van der Waals surface area contributed by atoms with Crippen LogP contribution in [0.5, 0.6) is 0 Å². The molecule has 1 aromatic heterocycles. The molecule has 2 aromatic rings. The third-order valence-corrected chi connectivity index (χ3v) is 2.10. The van der Waals surface area contributed by atoms with Crippen LogP contribution in [0.25, 0.3) is 5.69 Å². The third kappa shape index (κ3) is 1.67. The van der Waals surface area contributed by atoms with Gasteiger partial charge < -0.3 is 4.98 Å². The minimum atomic E-state index is -0.192. The van der Waals surface area contributed by atoms with Crippen molar-refractivity contribution in [3.8, 4) is 11.8 Å². The zero-order valence-corrected chi connectivity index (χ0v) is 8.19. The topological polar surface area (TPSA) is 61.6 Å². The predicted molar refractivity (Wildman–Crippen MR) is 55.8 cm³/mol. The molecule has 2 rings (SSSR count). The summed E-state index contributed by atoms with van der Waals surface area (Å²) in [6, 6.07) is 8.96. The summed E-state index contributed by atoms with van der Waals surface area (Å²) < 4.78 is 1.48. The van der Waals surface area contributed by atoms with E-state index in [1.165, 1.54) is 4.57 Å². The van der Waals surface area contributed by atoms with Gasteiger partial charge in [-0.05, 0) is 25.1 Å². The van der Waals surface area contributed by atoms with E-state index in [-0.39, 0.29) is 5.69 Å². The zero-order valence-electron chi connectivity index (χ0n) is 8.19. The molecule has 0 saturated carbocycles. The van der Waals surface area contributed by atoms with Crippen molar-refractivity contribution in [1.29, 1.82) is 5.26 Å². The highest BCUT2D eigenvalue weighted by Gasteiger charge is 2.02. The number of nitriles is 1. The van der Waals surface area contributed by atoms with Crippen LogP contribution in [-0.4, -0.2) is 9.55 Å². The van der Waals surface area contributed by atoms with Crippen LogP contribution in [0.4, 0.5) is 0 Å². The molecule has 0 saturated heterocycles. The van der Waals surface area contributed by atoms with Crippen molar-refractivity contribution in [3.63, 3.8) is 0 Å². The molecule has 0 spiro atoms. The molecule has 0 atom stereocenters. The number of benzene rings is 1. The Morgan fingerprint density at radius 2 is 2.27 bits per heavy atom. The van der Waals surface area contributed by atoms with Gasteiger partial charge in [-0.25, -0.2) is 4.79 Å². The Balaban J connectivity index is 2.60. The molecule has 0 aliphatic heterocycles. The van der Waals surface area contributed by atoms with E-state index in [2.05, 4.69) is 4.98 Å². The Hall–Kier alpha value is -2.28. The number of rotatable bonds is 1. The molecule has 1 heterocycles. The van der Waals surface area contributed by atoms with Gasteiger partial charge in [0.1, 0.15) is 0 Å². The summed E-state index contributed by atoms with van der Waals surface area (Å²) >= 11 is 0. The van der Waals surface area contributed by atoms with Crippen molar-refractivity contribution < 1.29 is 0 Å². The van der Waals surface area contributed by atoms with Gasteiger partial charge in [-0.15, -0.1) is 0 Å². The van der Waals surface area contributed by atoms with Gasteiger partial charge in [-0.2, -0.15) is 5.26 Å². The molecule has 0 unspecified atom stereocenters. The molecular formula is C11H9N3O. The lowest BCUT2D eigenvalue weighted by Crippen LogP contribution is -2.13. The fraction of sp³-hybridized carbons (Fsp3) is 0.0909. The van der Waals surface area contributed by atoms with Gasteiger partial charge in [0.05, 0.1) is 17.3 Å². The average molecular weight is 199 g/mol. The zero-order chi connectivity index (χ0) is 10.8. The molecule has 4 heteroatoms. The molecule has 15 heavy (non-hydrogen) atoms. The number of hydrogen-bond donors (Lipinski definition) is 1. The number of nitrogens with zero attached hydrogens (tertiary/aromatic N) is 2. The second-order valence-electron chi connectivity index (χ2n) is 3.27. The molecule has 0 bridgehead atoms. The van der Waals surface area contributed by atoms with Crippen LogP contribution in [0.1, 0.15) is 11.3 Å². The van der Waals surface area contributed by atoms with Crippen molar-refractivity contribution in [2.45, 2.75) is 6.92 Å². The number of nitrogens with one attached hydrogen (secondary N) is 1. The fourth-order valence-corrected chi connectivity index (χ4v) is 1.43. The highest BCUT2D eigenvalue weighted by molar-refractivity contribution is 5.41. The van der Waals surface area contributed by atoms with Crippen LogP contribution in [0, 0.1) is 18.3 Å². The highest BCUT2D eigenvalue weighted by atomic mass is 16.1. The summed E-state index contributed by atoms with van der Waals surface area (Å²) in [5.74, 6) is 0. The molecule has 1 aromatic carbocycles.